The SMILES string of the molecule is CNC1CCN(C(=O)Cc2ccc(OC)cc2)C1. The summed E-state index contributed by atoms with van der Waals surface area (Å²) in [4.78, 5) is 14.0. The molecular weight excluding hydrogens is 228 g/mol. The Balaban J connectivity index is 1.90. The first-order valence-electron chi connectivity index (χ1n) is 6.31. The minimum atomic E-state index is 0.206. The molecule has 0 aliphatic carbocycles. The summed E-state index contributed by atoms with van der Waals surface area (Å²) in [6.07, 6.45) is 1.52. The number of likely N-dealkylation sites (N-methyl/N-ethyl adjacent to an activating group) is 1. The number of hydrogen-bond donors (Lipinski definition) is 1. The van der Waals surface area contributed by atoms with E-state index in [1.165, 1.54) is 0 Å². The molecule has 98 valence electrons. The van der Waals surface area contributed by atoms with Crippen LogP contribution in [-0.4, -0.2) is 44.1 Å². The normalized spacial score (nSPS) is 19.0. The fourth-order valence-corrected chi connectivity index (χ4v) is 2.25. The van der Waals surface area contributed by atoms with Crippen molar-refractivity contribution in [3.8, 4) is 5.75 Å². The summed E-state index contributed by atoms with van der Waals surface area (Å²) in [5.41, 5.74) is 1.04. The fraction of sp³-hybridized carbons (Fsp3) is 0.500. The quantitative estimate of drug-likeness (QED) is 0.866. The average Bonchev–Trinajstić information content (AvgIpc) is 2.88. The number of amides is 1. The van der Waals surface area contributed by atoms with Crippen molar-refractivity contribution in [1.82, 2.24) is 10.2 Å². The van der Waals surface area contributed by atoms with E-state index in [9.17, 15) is 4.79 Å². The molecule has 0 bridgehead atoms. The number of benzene rings is 1. The number of hydrogen-bond acceptors (Lipinski definition) is 3. The van der Waals surface area contributed by atoms with Crippen molar-refractivity contribution < 1.29 is 9.53 Å². The molecule has 4 nitrogen and oxygen atoms in total. The largest absolute Gasteiger partial charge is 0.497 e. The predicted molar refractivity (Wildman–Crippen MR) is 70.7 cm³/mol. The van der Waals surface area contributed by atoms with Crippen molar-refractivity contribution in [2.24, 2.45) is 0 Å². The van der Waals surface area contributed by atoms with Gasteiger partial charge in [0.05, 0.1) is 13.5 Å². The van der Waals surface area contributed by atoms with Gasteiger partial charge in [-0.25, -0.2) is 0 Å². The maximum Gasteiger partial charge on any atom is 0.227 e. The molecule has 0 saturated carbocycles. The second-order valence-electron chi connectivity index (χ2n) is 4.64. The van der Waals surface area contributed by atoms with Crippen LogP contribution in [0.4, 0.5) is 0 Å². The van der Waals surface area contributed by atoms with E-state index in [0.717, 1.165) is 30.8 Å². The van der Waals surface area contributed by atoms with Crippen LogP contribution in [-0.2, 0) is 11.2 Å². The van der Waals surface area contributed by atoms with Crippen LogP contribution in [0.1, 0.15) is 12.0 Å². The van der Waals surface area contributed by atoms with Crippen molar-refractivity contribution >= 4 is 5.91 Å². The van der Waals surface area contributed by atoms with Gasteiger partial charge in [-0.2, -0.15) is 0 Å². The second kappa shape index (κ2) is 5.87. The maximum atomic E-state index is 12.1. The smallest absolute Gasteiger partial charge is 0.227 e. The molecule has 1 saturated heterocycles. The van der Waals surface area contributed by atoms with Crippen LogP contribution in [0.3, 0.4) is 0 Å². The van der Waals surface area contributed by atoms with E-state index in [2.05, 4.69) is 5.32 Å². The minimum Gasteiger partial charge on any atom is -0.497 e. The van der Waals surface area contributed by atoms with Gasteiger partial charge in [0.1, 0.15) is 5.75 Å². The Bertz CT molecular complexity index is 403. The van der Waals surface area contributed by atoms with Gasteiger partial charge < -0.3 is 15.0 Å². The first kappa shape index (κ1) is 12.9. The van der Waals surface area contributed by atoms with Crippen LogP contribution in [0.25, 0.3) is 0 Å². The van der Waals surface area contributed by atoms with E-state index >= 15 is 0 Å². The molecule has 0 aromatic heterocycles. The standard InChI is InChI=1S/C14H20N2O2/c1-15-12-7-8-16(10-12)14(17)9-11-3-5-13(18-2)6-4-11/h3-6,12,15H,7-10H2,1-2H3. The van der Waals surface area contributed by atoms with E-state index in [1.54, 1.807) is 7.11 Å². The van der Waals surface area contributed by atoms with E-state index < -0.39 is 0 Å². The molecule has 1 aliphatic rings. The van der Waals surface area contributed by atoms with Crippen molar-refractivity contribution in [3.63, 3.8) is 0 Å². The zero-order valence-electron chi connectivity index (χ0n) is 11.0. The Morgan fingerprint density at radius 1 is 1.44 bits per heavy atom. The number of carbonyl (C=O) groups is 1. The summed E-state index contributed by atoms with van der Waals surface area (Å²) in [7, 11) is 3.59. The van der Waals surface area contributed by atoms with Gasteiger partial charge >= 0.3 is 0 Å². The van der Waals surface area contributed by atoms with E-state index in [4.69, 9.17) is 4.74 Å². The zero-order valence-corrected chi connectivity index (χ0v) is 11.0. The number of methoxy groups -OCH3 is 1. The van der Waals surface area contributed by atoms with Gasteiger partial charge in [0, 0.05) is 19.1 Å². The topological polar surface area (TPSA) is 41.6 Å². The van der Waals surface area contributed by atoms with Crippen LogP contribution in [0, 0.1) is 0 Å². The molecule has 1 aliphatic heterocycles. The zero-order chi connectivity index (χ0) is 13.0. The van der Waals surface area contributed by atoms with Crippen molar-refractivity contribution in [2.75, 3.05) is 27.2 Å². The number of nitrogens with zero attached hydrogens (tertiary/aromatic N) is 1. The van der Waals surface area contributed by atoms with E-state index in [1.807, 2.05) is 36.2 Å². The maximum absolute atomic E-state index is 12.1. The fourth-order valence-electron chi connectivity index (χ4n) is 2.25. The second-order valence-corrected chi connectivity index (χ2v) is 4.64. The highest BCUT2D eigenvalue weighted by Gasteiger charge is 2.24. The number of ether oxygens (including phenoxy) is 1. The number of rotatable bonds is 4. The molecule has 1 fully saturated rings. The molecule has 18 heavy (non-hydrogen) atoms. The first-order chi connectivity index (χ1) is 8.72. The van der Waals surface area contributed by atoms with Crippen LogP contribution in [0.2, 0.25) is 0 Å². The van der Waals surface area contributed by atoms with Crippen LogP contribution in [0.5, 0.6) is 5.75 Å². The highest BCUT2D eigenvalue weighted by Crippen LogP contribution is 2.14. The van der Waals surface area contributed by atoms with E-state index in [0.29, 0.717) is 12.5 Å². The van der Waals surface area contributed by atoms with Gasteiger partial charge in [-0.05, 0) is 31.2 Å². The highest BCUT2D eigenvalue weighted by atomic mass is 16.5. The van der Waals surface area contributed by atoms with Crippen LogP contribution in [0.15, 0.2) is 24.3 Å². The lowest BCUT2D eigenvalue weighted by atomic mass is 10.1. The Hall–Kier alpha value is -1.55. The van der Waals surface area contributed by atoms with Gasteiger partial charge in [-0.1, -0.05) is 12.1 Å². The molecule has 4 heteroatoms. The van der Waals surface area contributed by atoms with Crippen LogP contribution < -0.4 is 10.1 Å². The van der Waals surface area contributed by atoms with Crippen molar-refractivity contribution in [2.45, 2.75) is 18.9 Å². The lowest BCUT2D eigenvalue weighted by Gasteiger charge is -2.16. The molecule has 0 radical (unpaired) electrons. The number of likely N-dealkylation sites (tertiary alicyclic amines) is 1. The van der Waals surface area contributed by atoms with Gasteiger partial charge in [-0.3, -0.25) is 4.79 Å². The lowest BCUT2D eigenvalue weighted by Crippen LogP contribution is -2.34. The highest BCUT2D eigenvalue weighted by molar-refractivity contribution is 5.79. The summed E-state index contributed by atoms with van der Waals surface area (Å²) in [5.74, 6) is 1.03. The summed E-state index contributed by atoms with van der Waals surface area (Å²) < 4.78 is 5.10. The van der Waals surface area contributed by atoms with E-state index in [-0.39, 0.29) is 5.91 Å². The molecule has 1 atom stereocenters. The molecule has 1 aromatic rings. The number of carbonyl (C=O) groups excluding carboxylic acids is 1. The molecule has 1 unspecified atom stereocenters. The molecule has 1 aromatic carbocycles. The molecular formula is C14H20N2O2. The molecule has 1 heterocycles. The Labute approximate surface area is 108 Å². The summed E-state index contributed by atoms with van der Waals surface area (Å²) in [6, 6.07) is 8.13. The Morgan fingerprint density at radius 3 is 2.72 bits per heavy atom. The summed E-state index contributed by atoms with van der Waals surface area (Å²) in [5, 5.41) is 3.22. The molecule has 1 N–H and O–H groups in total. The molecule has 0 spiro atoms. The molecule has 2 rings (SSSR count). The van der Waals surface area contributed by atoms with Gasteiger partial charge in [0.2, 0.25) is 5.91 Å². The van der Waals surface area contributed by atoms with Crippen LogP contribution >= 0.6 is 0 Å². The number of nitrogens with one attached hydrogen (secondary N) is 1. The monoisotopic (exact) mass is 248 g/mol. The third-order valence-electron chi connectivity index (χ3n) is 3.46. The van der Waals surface area contributed by atoms with Gasteiger partial charge in [0.15, 0.2) is 0 Å². The predicted octanol–water partition coefficient (Wildman–Crippen LogP) is 1.06. The summed E-state index contributed by atoms with van der Waals surface area (Å²) >= 11 is 0. The van der Waals surface area contributed by atoms with Gasteiger partial charge in [-0.15, -0.1) is 0 Å². The van der Waals surface area contributed by atoms with Gasteiger partial charge in [0.25, 0.3) is 0 Å². The average molecular weight is 248 g/mol. The Kier molecular flexibility index (Phi) is 4.20. The summed E-state index contributed by atoms with van der Waals surface area (Å²) in [6.45, 7) is 1.69. The third-order valence-corrected chi connectivity index (χ3v) is 3.46. The first-order valence-corrected chi connectivity index (χ1v) is 6.31. The molecule has 1 amide bonds. The Morgan fingerprint density at radius 2 is 2.17 bits per heavy atom. The minimum absolute atomic E-state index is 0.206. The van der Waals surface area contributed by atoms with Crippen molar-refractivity contribution in [1.29, 1.82) is 0 Å². The van der Waals surface area contributed by atoms with Crippen molar-refractivity contribution in [3.05, 3.63) is 29.8 Å². The third kappa shape index (κ3) is 3.01. The lowest BCUT2D eigenvalue weighted by molar-refractivity contribution is -0.129.